The Morgan fingerprint density at radius 3 is 2.56 bits per heavy atom. The van der Waals surface area contributed by atoms with Crippen LogP contribution < -0.4 is 0 Å². The van der Waals surface area contributed by atoms with Gasteiger partial charge in [0.2, 0.25) is 0 Å². The topological polar surface area (TPSA) is 35.5 Å². The van der Waals surface area contributed by atoms with Crippen LogP contribution in [0.3, 0.4) is 0 Å². The van der Waals surface area contributed by atoms with Crippen molar-refractivity contribution in [2.24, 2.45) is 11.8 Å². The fraction of sp³-hybridized carbons (Fsp3) is 0.696. The van der Waals surface area contributed by atoms with Crippen LogP contribution in [-0.2, 0) is 14.3 Å². The lowest BCUT2D eigenvalue weighted by atomic mass is 9.68. The fourth-order valence-corrected chi connectivity index (χ4v) is 5.71. The van der Waals surface area contributed by atoms with Crippen molar-refractivity contribution in [2.45, 2.75) is 85.4 Å². The number of carbonyl (C=O) groups excluding carboxylic acids is 1. The monoisotopic (exact) mass is 390 g/mol. The van der Waals surface area contributed by atoms with E-state index in [1.165, 1.54) is 53.0 Å². The van der Waals surface area contributed by atoms with E-state index in [0.29, 0.717) is 12.5 Å². The average Bonchev–Trinajstić information content (AvgIpc) is 2.71. The maximum Gasteiger partial charge on any atom is 0.340 e. The van der Waals surface area contributed by atoms with Crippen LogP contribution in [0.25, 0.3) is 5.57 Å². The quantitative estimate of drug-likeness (QED) is 0.547. The number of aryl methyl sites for hydroxylation is 2. The molecule has 1 aromatic heterocycles. The van der Waals surface area contributed by atoms with Crippen LogP contribution in [0.15, 0.2) is 6.08 Å². The Hall–Kier alpha value is -1.13. The number of esters is 1. The van der Waals surface area contributed by atoms with Crippen molar-refractivity contribution in [3.8, 4) is 0 Å². The molecule has 0 spiro atoms. The van der Waals surface area contributed by atoms with Crippen LogP contribution >= 0.6 is 11.3 Å². The molecule has 3 rings (SSSR count). The molecule has 2 aliphatic rings. The molecule has 1 aromatic rings. The molecule has 0 amide bonds. The van der Waals surface area contributed by atoms with Gasteiger partial charge in [-0.25, -0.2) is 4.79 Å². The normalized spacial score (nSPS) is 23.7. The van der Waals surface area contributed by atoms with Gasteiger partial charge >= 0.3 is 5.97 Å². The van der Waals surface area contributed by atoms with E-state index >= 15 is 0 Å². The Bertz CT molecular complexity index is 723. The van der Waals surface area contributed by atoms with E-state index in [1.807, 2.05) is 27.7 Å². The molecule has 1 saturated carbocycles. The summed E-state index contributed by atoms with van der Waals surface area (Å²) in [5.74, 6) is 1.10. The number of hydrogen-bond acceptors (Lipinski definition) is 4. The van der Waals surface area contributed by atoms with Gasteiger partial charge in [0.1, 0.15) is 0 Å². The minimum absolute atomic E-state index is 0.271. The molecule has 1 fully saturated rings. The molecule has 0 N–H and O–H groups in total. The van der Waals surface area contributed by atoms with E-state index in [1.54, 1.807) is 11.3 Å². The van der Waals surface area contributed by atoms with Gasteiger partial charge in [0.15, 0.2) is 6.10 Å². The van der Waals surface area contributed by atoms with Gasteiger partial charge < -0.3 is 9.47 Å². The van der Waals surface area contributed by atoms with E-state index in [9.17, 15) is 4.79 Å². The van der Waals surface area contributed by atoms with Gasteiger partial charge in [-0.05, 0) is 77.4 Å². The summed E-state index contributed by atoms with van der Waals surface area (Å²) in [4.78, 5) is 15.3. The summed E-state index contributed by atoms with van der Waals surface area (Å²) >= 11 is 1.78. The van der Waals surface area contributed by atoms with Crippen LogP contribution in [0.4, 0.5) is 0 Å². The third-order valence-electron chi connectivity index (χ3n) is 5.69. The second-order valence-corrected chi connectivity index (χ2v) is 10.3. The maximum absolute atomic E-state index is 12.8. The highest BCUT2D eigenvalue weighted by molar-refractivity contribution is 7.12. The van der Waals surface area contributed by atoms with Gasteiger partial charge in [-0.2, -0.15) is 0 Å². The van der Waals surface area contributed by atoms with Crippen LogP contribution in [0.5, 0.6) is 0 Å². The lowest BCUT2D eigenvalue weighted by Gasteiger charge is -2.37. The van der Waals surface area contributed by atoms with Crippen molar-refractivity contribution in [1.82, 2.24) is 0 Å². The molecule has 0 radical (unpaired) electrons. The van der Waals surface area contributed by atoms with Crippen LogP contribution in [-0.4, -0.2) is 18.2 Å². The zero-order valence-electron chi connectivity index (χ0n) is 17.7. The van der Waals surface area contributed by atoms with E-state index in [4.69, 9.17) is 9.47 Å². The molecule has 3 nitrogen and oxygen atoms in total. The molecule has 2 aliphatic carbocycles. The van der Waals surface area contributed by atoms with Crippen molar-refractivity contribution in [2.75, 3.05) is 6.61 Å². The third kappa shape index (κ3) is 4.32. The van der Waals surface area contributed by atoms with E-state index in [2.05, 4.69) is 19.9 Å². The summed E-state index contributed by atoms with van der Waals surface area (Å²) in [6.07, 6.45) is 8.40. The molecule has 27 heavy (non-hydrogen) atoms. The van der Waals surface area contributed by atoms with E-state index in [-0.39, 0.29) is 5.97 Å². The standard InChI is InChI=1S/C23H34O3S/c1-7-25-22(24)21(26-23(4,5)6)20-15(3)27-14(2)19(20)18-13-16-11-9-8-10-12-17(16)18/h13,16-17,21H,7-12H2,1-6H3. The van der Waals surface area contributed by atoms with Crippen molar-refractivity contribution in [3.63, 3.8) is 0 Å². The van der Waals surface area contributed by atoms with E-state index < -0.39 is 11.7 Å². The van der Waals surface area contributed by atoms with Gasteiger partial charge in [-0.1, -0.05) is 25.3 Å². The first kappa shape index (κ1) is 20.6. The highest BCUT2D eigenvalue weighted by Crippen LogP contribution is 2.52. The summed E-state index contributed by atoms with van der Waals surface area (Å²) in [5, 5.41) is 0. The first-order valence-corrected chi connectivity index (χ1v) is 11.2. The number of ether oxygens (including phenoxy) is 2. The Morgan fingerprint density at radius 1 is 1.19 bits per heavy atom. The second-order valence-electron chi connectivity index (χ2n) is 8.90. The zero-order chi connectivity index (χ0) is 19.8. The number of hydrogen-bond donors (Lipinski definition) is 0. The van der Waals surface area contributed by atoms with Crippen molar-refractivity contribution >= 4 is 22.9 Å². The Kier molecular flexibility index (Phi) is 6.17. The second kappa shape index (κ2) is 8.08. The number of rotatable bonds is 5. The predicted molar refractivity (Wildman–Crippen MR) is 112 cm³/mol. The fourth-order valence-electron chi connectivity index (χ4n) is 4.60. The highest BCUT2D eigenvalue weighted by atomic mass is 32.1. The number of allylic oxidation sites excluding steroid dienone is 2. The van der Waals surface area contributed by atoms with Crippen molar-refractivity contribution in [1.29, 1.82) is 0 Å². The Morgan fingerprint density at radius 2 is 1.89 bits per heavy atom. The summed E-state index contributed by atoms with van der Waals surface area (Å²) in [6, 6.07) is 0. The molecule has 3 unspecified atom stereocenters. The largest absolute Gasteiger partial charge is 0.464 e. The van der Waals surface area contributed by atoms with Crippen molar-refractivity contribution < 1.29 is 14.3 Å². The molecule has 0 saturated heterocycles. The van der Waals surface area contributed by atoms with Gasteiger partial charge in [-0.3, -0.25) is 0 Å². The first-order valence-electron chi connectivity index (χ1n) is 10.4. The highest BCUT2D eigenvalue weighted by Gasteiger charge is 2.40. The SMILES string of the molecule is CCOC(=O)C(OC(C)(C)C)c1c(C)sc(C)c1C1=CC2CCCCCC12. The van der Waals surface area contributed by atoms with Crippen LogP contribution in [0, 0.1) is 25.7 Å². The smallest absolute Gasteiger partial charge is 0.340 e. The molecule has 0 aromatic carbocycles. The molecular formula is C23H34O3S. The van der Waals surface area contributed by atoms with Crippen LogP contribution in [0.2, 0.25) is 0 Å². The third-order valence-corrected chi connectivity index (χ3v) is 6.73. The zero-order valence-corrected chi connectivity index (χ0v) is 18.5. The molecule has 150 valence electrons. The minimum atomic E-state index is -0.657. The molecular weight excluding hydrogens is 356 g/mol. The van der Waals surface area contributed by atoms with Gasteiger partial charge in [0, 0.05) is 15.3 Å². The summed E-state index contributed by atoms with van der Waals surface area (Å²) in [6.45, 7) is 12.5. The minimum Gasteiger partial charge on any atom is -0.464 e. The van der Waals surface area contributed by atoms with Gasteiger partial charge in [0.05, 0.1) is 12.2 Å². The summed E-state index contributed by atoms with van der Waals surface area (Å²) < 4.78 is 11.7. The summed E-state index contributed by atoms with van der Waals surface area (Å²) in [5.41, 5.74) is 3.34. The first-order chi connectivity index (χ1) is 12.7. The van der Waals surface area contributed by atoms with Gasteiger partial charge in [0.25, 0.3) is 0 Å². The lowest BCUT2D eigenvalue weighted by Crippen LogP contribution is -2.30. The molecule has 0 bridgehead atoms. The number of thiophene rings is 1. The predicted octanol–water partition coefficient (Wildman–Crippen LogP) is 6.38. The maximum atomic E-state index is 12.8. The lowest BCUT2D eigenvalue weighted by molar-refractivity contribution is -0.166. The summed E-state index contributed by atoms with van der Waals surface area (Å²) in [7, 11) is 0. The van der Waals surface area contributed by atoms with Crippen molar-refractivity contribution in [3.05, 3.63) is 27.0 Å². The van der Waals surface area contributed by atoms with Crippen LogP contribution in [0.1, 0.15) is 86.8 Å². The molecule has 3 atom stereocenters. The Labute approximate surface area is 168 Å². The molecule has 4 heteroatoms. The Balaban J connectivity index is 2.03. The number of carbonyl (C=O) groups is 1. The average molecular weight is 391 g/mol. The van der Waals surface area contributed by atoms with E-state index in [0.717, 1.165) is 11.5 Å². The molecule has 0 aliphatic heterocycles. The molecule has 1 heterocycles. The van der Waals surface area contributed by atoms with Gasteiger partial charge in [-0.15, -0.1) is 11.3 Å². The number of fused-ring (bicyclic) bond motifs is 1.